The van der Waals surface area contributed by atoms with Gasteiger partial charge in [0.1, 0.15) is 5.60 Å². The molecule has 1 fully saturated rings. The van der Waals surface area contributed by atoms with Crippen molar-refractivity contribution in [3.8, 4) is 11.4 Å². The SMILES string of the molecule is CC(C)(C)OC(=O)N1CCC(COCc2cc(-c3nnn[nH]3)cc(C(F)(F)F)c2)(c2ccccc2)CC1. The van der Waals surface area contributed by atoms with Crippen molar-refractivity contribution >= 4 is 6.09 Å². The summed E-state index contributed by atoms with van der Waals surface area (Å²) in [5, 5.41) is 13.1. The molecular weight excluding hydrogens is 487 g/mol. The fourth-order valence-electron chi connectivity index (χ4n) is 4.47. The number of H-pyrrole nitrogens is 1. The van der Waals surface area contributed by atoms with E-state index in [1.165, 1.54) is 0 Å². The number of halogens is 3. The highest BCUT2D eigenvalue weighted by Gasteiger charge is 2.39. The summed E-state index contributed by atoms with van der Waals surface area (Å²) in [6.07, 6.45) is -3.62. The van der Waals surface area contributed by atoms with Crippen LogP contribution in [0, 0.1) is 0 Å². The minimum atomic E-state index is -4.53. The number of nitrogens with zero attached hydrogens (tertiary/aromatic N) is 4. The third kappa shape index (κ3) is 6.65. The molecule has 4 rings (SSSR count). The number of carbonyl (C=O) groups is 1. The lowest BCUT2D eigenvalue weighted by Crippen LogP contribution is -2.48. The lowest BCUT2D eigenvalue weighted by atomic mass is 9.73. The Labute approximate surface area is 213 Å². The number of hydrogen-bond acceptors (Lipinski definition) is 6. The highest BCUT2D eigenvalue weighted by atomic mass is 19.4. The van der Waals surface area contributed by atoms with Gasteiger partial charge in [0.2, 0.25) is 0 Å². The first kappa shape index (κ1) is 26.6. The molecule has 2 heterocycles. The Morgan fingerprint density at radius 1 is 1.08 bits per heavy atom. The van der Waals surface area contributed by atoms with Crippen molar-refractivity contribution in [2.24, 2.45) is 0 Å². The monoisotopic (exact) mass is 517 g/mol. The van der Waals surface area contributed by atoms with Crippen molar-refractivity contribution in [3.05, 3.63) is 65.2 Å². The molecule has 3 aromatic rings. The Balaban J connectivity index is 1.50. The van der Waals surface area contributed by atoms with Crippen molar-refractivity contribution < 1.29 is 27.4 Å². The zero-order chi connectivity index (χ0) is 26.7. The first-order chi connectivity index (χ1) is 17.5. The summed E-state index contributed by atoms with van der Waals surface area (Å²) in [6.45, 7) is 6.72. The van der Waals surface area contributed by atoms with Crippen LogP contribution in [0.1, 0.15) is 50.3 Å². The van der Waals surface area contributed by atoms with Gasteiger partial charge in [0.25, 0.3) is 0 Å². The minimum Gasteiger partial charge on any atom is -0.444 e. The highest BCUT2D eigenvalue weighted by Crippen LogP contribution is 2.37. The van der Waals surface area contributed by atoms with Crippen LogP contribution in [0.4, 0.5) is 18.0 Å². The molecule has 0 saturated carbocycles. The molecule has 8 nitrogen and oxygen atoms in total. The molecule has 11 heteroatoms. The lowest BCUT2D eigenvalue weighted by molar-refractivity contribution is -0.137. The zero-order valence-corrected chi connectivity index (χ0v) is 21.0. The van der Waals surface area contributed by atoms with Gasteiger partial charge in [-0.1, -0.05) is 30.3 Å². The number of ether oxygens (including phenoxy) is 2. The predicted molar refractivity (Wildman–Crippen MR) is 129 cm³/mol. The zero-order valence-electron chi connectivity index (χ0n) is 21.0. The number of nitrogens with one attached hydrogen (secondary N) is 1. The second-order valence-corrected chi connectivity index (χ2v) is 10.3. The molecule has 1 saturated heterocycles. The number of aromatic nitrogens is 4. The van der Waals surface area contributed by atoms with Crippen molar-refractivity contribution in [1.29, 1.82) is 0 Å². The molecular formula is C26H30F3N5O3. The quantitative estimate of drug-likeness (QED) is 0.473. The van der Waals surface area contributed by atoms with Gasteiger partial charge in [-0.2, -0.15) is 13.2 Å². The molecule has 0 unspecified atom stereocenters. The van der Waals surface area contributed by atoms with E-state index in [1.54, 1.807) is 11.0 Å². The third-order valence-electron chi connectivity index (χ3n) is 6.34. The fourth-order valence-corrected chi connectivity index (χ4v) is 4.47. The van der Waals surface area contributed by atoms with Gasteiger partial charge >= 0.3 is 12.3 Å². The minimum absolute atomic E-state index is 0.0250. The molecule has 1 aliphatic rings. The van der Waals surface area contributed by atoms with Gasteiger partial charge in [0, 0.05) is 24.1 Å². The number of hydrogen-bond donors (Lipinski definition) is 1. The Hall–Kier alpha value is -3.47. The molecule has 0 atom stereocenters. The number of carbonyl (C=O) groups excluding carboxylic acids is 1. The van der Waals surface area contributed by atoms with Gasteiger partial charge < -0.3 is 14.4 Å². The van der Waals surface area contributed by atoms with Crippen LogP contribution in [0.25, 0.3) is 11.4 Å². The summed E-state index contributed by atoms with van der Waals surface area (Å²) in [5.41, 5.74) is -0.129. The van der Waals surface area contributed by atoms with Crippen molar-refractivity contribution in [3.63, 3.8) is 0 Å². The van der Waals surface area contributed by atoms with E-state index in [1.807, 2.05) is 51.1 Å². The lowest BCUT2D eigenvalue weighted by Gasteiger charge is -2.42. The van der Waals surface area contributed by atoms with E-state index in [-0.39, 0.29) is 36.1 Å². The van der Waals surface area contributed by atoms with Crippen molar-refractivity contribution in [2.45, 2.75) is 57.4 Å². The van der Waals surface area contributed by atoms with E-state index >= 15 is 0 Å². The molecule has 37 heavy (non-hydrogen) atoms. The van der Waals surface area contributed by atoms with Crippen LogP contribution in [0.2, 0.25) is 0 Å². The molecule has 0 spiro atoms. The van der Waals surface area contributed by atoms with Gasteiger partial charge in [0.15, 0.2) is 5.82 Å². The van der Waals surface area contributed by atoms with E-state index in [2.05, 4.69) is 20.6 Å². The van der Waals surface area contributed by atoms with Crippen LogP contribution in [-0.4, -0.2) is 56.9 Å². The topological polar surface area (TPSA) is 93.2 Å². The number of rotatable bonds is 6. The summed E-state index contributed by atoms with van der Waals surface area (Å²) >= 11 is 0. The van der Waals surface area contributed by atoms with E-state index < -0.39 is 17.3 Å². The molecule has 0 radical (unpaired) electrons. The van der Waals surface area contributed by atoms with Gasteiger partial charge in [-0.05, 0) is 73.4 Å². The Morgan fingerprint density at radius 2 is 1.78 bits per heavy atom. The van der Waals surface area contributed by atoms with Crippen LogP contribution in [0.3, 0.4) is 0 Å². The predicted octanol–water partition coefficient (Wildman–Crippen LogP) is 5.37. The number of alkyl halides is 3. The van der Waals surface area contributed by atoms with Crippen LogP contribution in [0.15, 0.2) is 48.5 Å². The number of aromatic amines is 1. The van der Waals surface area contributed by atoms with Crippen LogP contribution < -0.4 is 0 Å². The fraction of sp³-hybridized carbons (Fsp3) is 0.462. The van der Waals surface area contributed by atoms with Crippen molar-refractivity contribution in [2.75, 3.05) is 19.7 Å². The number of benzene rings is 2. The first-order valence-electron chi connectivity index (χ1n) is 12.0. The van der Waals surface area contributed by atoms with Gasteiger partial charge in [0.05, 0.1) is 18.8 Å². The third-order valence-corrected chi connectivity index (χ3v) is 6.34. The maximum atomic E-state index is 13.5. The summed E-state index contributed by atoms with van der Waals surface area (Å²) in [7, 11) is 0. The van der Waals surface area contributed by atoms with E-state index in [0.717, 1.165) is 17.7 Å². The van der Waals surface area contributed by atoms with E-state index in [0.29, 0.717) is 31.5 Å². The molecule has 198 valence electrons. The summed E-state index contributed by atoms with van der Waals surface area (Å²) in [5.74, 6) is 0.141. The number of piperidine rings is 1. The molecule has 0 aliphatic carbocycles. The van der Waals surface area contributed by atoms with Crippen LogP contribution >= 0.6 is 0 Å². The van der Waals surface area contributed by atoms with Gasteiger partial charge in [-0.15, -0.1) is 5.10 Å². The average molecular weight is 518 g/mol. The van der Waals surface area contributed by atoms with Gasteiger partial charge in [-0.25, -0.2) is 9.89 Å². The first-order valence-corrected chi connectivity index (χ1v) is 12.0. The average Bonchev–Trinajstić information content (AvgIpc) is 3.38. The maximum Gasteiger partial charge on any atom is 0.416 e. The normalized spacial score (nSPS) is 16.0. The van der Waals surface area contributed by atoms with Crippen LogP contribution in [0.5, 0.6) is 0 Å². The standard InChI is InChI=1S/C26H30F3N5O3/c1-24(2,3)37-23(35)34-11-9-25(10-12-34,20-7-5-4-6-8-20)17-36-16-18-13-19(22-30-32-33-31-22)15-21(14-18)26(27,28)29/h4-8,13-15H,9-12,16-17H2,1-3H3,(H,30,31,32,33). The Kier molecular flexibility index (Phi) is 7.54. The number of tetrazole rings is 1. The van der Waals surface area contributed by atoms with Crippen LogP contribution in [-0.2, 0) is 27.7 Å². The van der Waals surface area contributed by atoms with Gasteiger partial charge in [-0.3, -0.25) is 0 Å². The largest absolute Gasteiger partial charge is 0.444 e. The second-order valence-electron chi connectivity index (χ2n) is 10.3. The molecule has 1 aromatic heterocycles. The summed E-state index contributed by atoms with van der Waals surface area (Å²) < 4.78 is 52.2. The van der Waals surface area contributed by atoms with Crippen molar-refractivity contribution in [1.82, 2.24) is 25.5 Å². The number of amides is 1. The summed E-state index contributed by atoms with van der Waals surface area (Å²) in [4.78, 5) is 14.3. The molecule has 2 aromatic carbocycles. The molecule has 1 N–H and O–H groups in total. The second kappa shape index (κ2) is 10.5. The Morgan fingerprint density at radius 3 is 2.38 bits per heavy atom. The molecule has 0 bridgehead atoms. The Bertz CT molecular complexity index is 1190. The molecule has 1 amide bonds. The van der Waals surface area contributed by atoms with E-state index in [9.17, 15) is 18.0 Å². The smallest absolute Gasteiger partial charge is 0.416 e. The van der Waals surface area contributed by atoms with E-state index in [4.69, 9.17) is 9.47 Å². The highest BCUT2D eigenvalue weighted by molar-refractivity contribution is 5.68. The summed E-state index contributed by atoms with van der Waals surface area (Å²) in [6, 6.07) is 13.5. The molecule has 1 aliphatic heterocycles. The maximum absolute atomic E-state index is 13.5. The number of likely N-dealkylation sites (tertiary alicyclic amines) is 1.